The normalized spacial score (nSPS) is 24.9. The molecule has 20 heavy (non-hydrogen) atoms. The predicted molar refractivity (Wildman–Crippen MR) is 76.4 cm³/mol. The number of benzene rings is 1. The lowest BCUT2D eigenvalue weighted by Crippen LogP contribution is -2.50. The molecule has 2 rings (SSSR count). The number of nitrogens with one attached hydrogen (secondary N) is 1. The summed E-state index contributed by atoms with van der Waals surface area (Å²) in [6.07, 6.45) is -1.98. The van der Waals surface area contributed by atoms with Crippen molar-refractivity contribution in [1.29, 1.82) is 0 Å². The second kappa shape index (κ2) is 5.95. The van der Waals surface area contributed by atoms with E-state index in [2.05, 4.69) is 12.3 Å². The van der Waals surface area contributed by atoms with Crippen LogP contribution < -0.4 is 11.3 Å². The van der Waals surface area contributed by atoms with Gasteiger partial charge in [0.05, 0.1) is 5.56 Å². The van der Waals surface area contributed by atoms with Crippen molar-refractivity contribution >= 4 is 11.8 Å². The highest BCUT2D eigenvalue weighted by Gasteiger charge is 2.39. The van der Waals surface area contributed by atoms with Crippen molar-refractivity contribution in [3.05, 3.63) is 35.4 Å². The van der Waals surface area contributed by atoms with Gasteiger partial charge in [-0.25, -0.2) is 0 Å². The third-order valence-electron chi connectivity index (χ3n) is 3.93. The first kappa shape index (κ1) is 15.7. The molecule has 1 saturated heterocycles. The standard InChI is InChI=1S/C14H19F3N2S/c1-13(7-4-8-20-13)12(19-18)9-10-5-2-3-6-11(10)14(15,16)17/h2-3,5-6,12,19H,4,7-9,18H2,1H3. The van der Waals surface area contributed by atoms with Gasteiger partial charge in [0.2, 0.25) is 0 Å². The largest absolute Gasteiger partial charge is 0.416 e. The minimum Gasteiger partial charge on any atom is -0.271 e. The van der Waals surface area contributed by atoms with Crippen LogP contribution in [0.4, 0.5) is 13.2 Å². The highest BCUT2D eigenvalue weighted by Crippen LogP contribution is 2.42. The number of rotatable bonds is 4. The molecule has 0 bridgehead atoms. The van der Waals surface area contributed by atoms with Gasteiger partial charge in [0.25, 0.3) is 0 Å². The Morgan fingerprint density at radius 3 is 2.65 bits per heavy atom. The van der Waals surface area contributed by atoms with Crippen LogP contribution in [-0.4, -0.2) is 16.5 Å². The molecule has 0 radical (unpaired) electrons. The Labute approximate surface area is 121 Å². The fourth-order valence-electron chi connectivity index (χ4n) is 2.72. The number of hydrogen-bond acceptors (Lipinski definition) is 3. The summed E-state index contributed by atoms with van der Waals surface area (Å²) in [6.45, 7) is 2.07. The van der Waals surface area contributed by atoms with Crippen molar-refractivity contribution in [3.8, 4) is 0 Å². The van der Waals surface area contributed by atoms with E-state index in [1.807, 2.05) is 0 Å². The Balaban J connectivity index is 2.24. The number of nitrogens with two attached hydrogens (primary N) is 1. The Morgan fingerprint density at radius 2 is 2.10 bits per heavy atom. The van der Waals surface area contributed by atoms with Gasteiger partial charge in [-0.2, -0.15) is 24.9 Å². The quantitative estimate of drug-likeness (QED) is 0.661. The van der Waals surface area contributed by atoms with Crippen molar-refractivity contribution in [2.75, 3.05) is 5.75 Å². The van der Waals surface area contributed by atoms with E-state index >= 15 is 0 Å². The fraction of sp³-hybridized carbons (Fsp3) is 0.571. The number of alkyl halides is 3. The summed E-state index contributed by atoms with van der Waals surface area (Å²) in [4.78, 5) is 0. The van der Waals surface area contributed by atoms with Crippen LogP contribution in [0.1, 0.15) is 30.9 Å². The van der Waals surface area contributed by atoms with Crippen molar-refractivity contribution in [1.82, 2.24) is 5.43 Å². The highest BCUT2D eigenvalue weighted by molar-refractivity contribution is 8.00. The molecule has 0 aliphatic carbocycles. The summed E-state index contributed by atoms with van der Waals surface area (Å²) in [5.41, 5.74) is 2.46. The van der Waals surface area contributed by atoms with Crippen LogP contribution in [-0.2, 0) is 12.6 Å². The van der Waals surface area contributed by atoms with Gasteiger partial charge >= 0.3 is 6.18 Å². The molecular formula is C14H19F3N2S. The lowest BCUT2D eigenvalue weighted by molar-refractivity contribution is -0.138. The number of thioether (sulfide) groups is 1. The van der Waals surface area contributed by atoms with Crippen molar-refractivity contribution in [2.24, 2.45) is 5.84 Å². The molecule has 0 saturated carbocycles. The van der Waals surface area contributed by atoms with Crippen LogP contribution in [0.5, 0.6) is 0 Å². The summed E-state index contributed by atoms with van der Waals surface area (Å²) in [5.74, 6) is 6.64. The van der Waals surface area contributed by atoms with E-state index in [4.69, 9.17) is 5.84 Å². The molecule has 0 amide bonds. The van der Waals surface area contributed by atoms with Crippen LogP contribution in [0.15, 0.2) is 24.3 Å². The summed E-state index contributed by atoms with van der Waals surface area (Å²) < 4.78 is 39.0. The van der Waals surface area contributed by atoms with E-state index in [0.29, 0.717) is 5.56 Å². The SMILES string of the molecule is CC1(C(Cc2ccccc2C(F)(F)F)NN)CCCS1. The second-order valence-corrected chi connectivity index (χ2v) is 6.97. The number of hydrazine groups is 1. The molecule has 2 nitrogen and oxygen atoms in total. The maximum absolute atomic E-state index is 13.0. The van der Waals surface area contributed by atoms with Gasteiger partial charge in [-0.15, -0.1) is 0 Å². The highest BCUT2D eigenvalue weighted by atomic mass is 32.2. The first-order valence-electron chi connectivity index (χ1n) is 6.62. The zero-order valence-corrected chi connectivity index (χ0v) is 12.2. The minimum absolute atomic E-state index is 0.104. The second-order valence-electron chi connectivity index (χ2n) is 5.34. The monoisotopic (exact) mass is 304 g/mol. The van der Waals surface area contributed by atoms with E-state index in [0.717, 1.165) is 24.7 Å². The van der Waals surface area contributed by atoms with Gasteiger partial charge in [0.1, 0.15) is 0 Å². The molecule has 2 atom stereocenters. The Hall–Kier alpha value is -0.720. The van der Waals surface area contributed by atoms with Crippen molar-refractivity contribution in [2.45, 2.75) is 43.2 Å². The zero-order valence-electron chi connectivity index (χ0n) is 11.3. The predicted octanol–water partition coefficient (Wildman–Crippen LogP) is 3.37. The van der Waals surface area contributed by atoms with Gasteiger partial charge in [-0.3, -0.25) is 11.3 Å². The Bertz CT molecular complexity index is 456. The first-order valence-corrected chi connectivity index (χ1v) is 7.60. The molecule has 1 heterocycles. The maximum Gasteiger partial charge on any atom is 0.416 e. The molecule has 0 spiro atoms. The molecule has 1 aliphatic heterocycles. The third kappa shape index (κ3) is 3.30. The van der Waals surface area contributed by atoms with Gasteiger partial charge in [-0.1, -0.05) is 18.2 Å². The number of halogens is 3. The molecule has 1 aromatic rings. The summed E-state index contributed by atoms with van der Waals surface area (Å²) in [6, 6.07) is 5.56. The Kier molecular flexibility index (Phi) is 4.66. The van der Waals surface area contributed by atoms with Crippen LogP contribution in [0.3, 0.4) is 0 Å². The van der Waals surface area contributed by atoms with Crippen LogP contribution in [0, 0.1) is 0 Å². The lowest BCUT2D eigenvalue weighted by atomic mass is 9.89. The lowest BCUT2D eigenvalue weighted by Gasteiger charge is -2.33. The average Bonchev–Trinajstić information content (AvgIpc) is 2.83. The molecule has 1 fully saturated rings. The zero-order chi connectivity index (χ0) is 14.8. The maximum atomic E-state index is 13.0. The average molecular weight is 304 g/mol. The molecule has 0 aromatic heterocycles. The van der Waals surface area contributed by atoms with Crippen molar-refractivity contribution in [3.63, 3.8) is 0 Å². The van der Waals surface area contributed by atoms with E-state index in [9.17, 15) is 13.2 Å². The Morgan fingerprint density at radius 1 is 1.40 bits per heavy atom. The molecular weight excluding hydrogens is 285 g/mol. The van der Waals surface area contributed by atoms with E-state index in [1.165, 1.54) is 12.1 Å². The van der Waals surface area contributed by atoms with E-state index in [1.54, 1.807) is 17.8 Å². The van der Waals surface area contributed by atoms with Crippen LogP contribution in [0.25, 0.3) is 0 Å². The summed E-state index contributed by atoms with van der Waals surface area (Å²) in [7, 11) is 0. The number of hydrogen-bond donors (Lipinski definition) is 2. The first-order chi connectivity index (χ1) is 9.37. The van der Waals surface area contributed by atoms with Crippen LogP contribution >= 0.6 is 11.8 Å². The van der Waals surface area contributed by atoms with Gasteiger partial charge in [0.15, 0.2) is 0 Å². The summed E-state index contributed by atoms with van der Waals surface area (Å²) >= 11 is 1.79. The van der Waals surface area contributed by atoms with Gasteiger partial charge in [0, 0.05) is 10.8 Å². The fourth-order valence-corrected chi connectivity index (χ4v) is 4.12. The third-order valence-corrected chi connectivity index (χ3v) is 5.58. The van der Waals surface area contributed by atoms with E-state index < -0.39 is 11.7 Å². The van der Waals surface area contributed by atoms with Crippen molar-refractivity contribution < 1.29 is 13.2 Å². The molecule has 1 aromatic carbocycles. The van der Waals surface area contributed by atoms with Gasteiger partial charge < -0.3 is 0 Å². The molecule has 1 aliphatic rings. The van der Waals surface area contributed by atoms with E-state index in [-0.39, 0.29) is 17.2 Å². The molecule has 3 N–H and O–H groups in total. The van der Waals surface area contributed by atoms with Crippen LogP contribution in [0.2, 0.25) is 0 Å². The smallest absolute Gasteiger partial charge is 0.271 e. The molecule has 2 unspecified atom stereocenters. The minimum atomic E-state index is -4.32. The topological polar surface area (TPSA) is 38.0 Å². The molecule has 6 heteroatoms. The molecule has 112 valence electrons. The summed E-state index contributed by atoms with van der Waals surface area (Å²) in [5, 5.41) is 0. The van der Waals surface area contributed by atoms with Gasteiger partial charge in [-0.05, 0) is 43.6 Å².